The van der Waals surface area contributed by atoms with Crippen LogP contribution in [0.4, 0.5) is 0 Å². The summed E-state index contributed by atoms with van der Waals surface area (Å²) < 4.78 is 1.44. The number of aryl methyl sites for hydroxylation is 1. The maximum absolute atomic E-state index is 10.8. The summed E-state index contributed by atoms with van der Waals surface area (Å²) in [5, 5.41) is 15.4. The van der Waals surface area contributed by atoms with E-state index in [1.807, 2.05) is 0 Å². The van der Waals surface area contributed by atoms with E-state index in [0.717, 1.165) is 0 Å². The lowest BCUT2D eigenvalue weighted by atomic mass is 10.2. The van der Waals surface area contributed by atoms with E-state index in [2.05, 4.69) is 10.4 Å². The molecule has 1 amide bonds. The quantitative estimate of drug-likeness (QED) is 0.561. The standard InChI is InChI=1S/C8H12N4O3/c1-12-6(3-10-4-7(9)13)5(2-11-12)8(14)15/h2,10H,3-4H2,1H3,(H2,9,13)(H,14,15). The number of carboxylic acid groups (broad SMARTS) is 1. The van der Waals surface area contributed by atoms with Gasteiger partial charge in [-0.15, -0.1) is 0 Å². The van der Waals surface area contributed by atoms with Crippen molar-refractivity contribution in [3.05, 3.63) is 17.5 Å². The van der Waals surface area contributed by atoms with Gasteiger partial charge in [0.1, 0.15) is 5.56 Å². The summed E-state index contributed by atoms with van der Waals surface area (Å²) in [6, 6.07) is 0. The predicted molar refractivity (Wildman–Crippen MR) is 51.1 cm³/mol. The van der Waals surface area contributed by atoms with Gasteiger partial charge in [-0.1, -0.05) is 0 Å². The fraction of sp³-hybridized carbons (Fsp3) is 0.375. The Hall–Kier alpha value is -1.89. The molecule has 7 nitrogen and oxygen atoms in total. The van der Waals surface area contributed by atoms with Crippen molar-refractivity contribution < 1.29 is 14.7 Å². The zero-order chi connectivity index (χ0) is 11.4. The highest BCUT2D eigenvalue weighted by molar-refractivity contribution is 5.88. The van der Waals surface area contributed by atoms with E-state index in [4.69, 9.17) is 10.8 Å². The van der Waals surface area contributed by atoms with E-state index < -0.39 is 11.9 Å². The zero-order valence-corrected chi connectivity index (χ0v) is 8.23. The van der Waals surface area contributed by atoms with Crippen LogP contribution >= 0.6 is 0 Å². The molecule has 1 aromatic rings. The molecule has 1 aromatic heterocycles. The first kappa shape index (κ1) is 11.2. The largest absolute Gasteiger partial charge is 0.478 e. The predicted octanol–water partition coefficient (Wildman–Crippen LogP) is -1.31. The molecule has 0 unspecified atom stereocenters. The molecule has 0 fully saturated rings. The molecule has 1 rings (SSSR count). The highest BCUT2D eigenvalue weighted by atomic mass is 16.4. The molecule has 0 radical (unpaired) electrons. The molecule has 0 spiro atoms. The second kappa shape index (κ2) is 4.56. The Balaban J connectivity index is 2.70. The summed E-state index contributed by atoms with van der Waals surface area (Å²) in [6.07, 6.45) is 1.27. The molecule has 0 aromatic carbocycles. The zero-order valence-electron chi connectivity index (χ0n) is 8.23. The van der Waals surface area contributed by atoms with Crippen LogP contribution in [0.5, 0.6) is 0 Å². The van der Waals surface area contributed by atoms with E-state index in [0.29, 0.717) is 5.69 Å². The monoisotopic (exact) mass is 212 g/mol. The van der Waals surface area contributed by atoms with Gasteiger partial charge in [0, 0.05) is 13.6 Å². The summed E-state index contributed by atoms with van der Waals surface area (Å²) in [5.74, 6) is -1.53. The number of amides is 1. The summed E-state index contributed by atoms with van der Waals surface area (Å²) >= 11 is 0. The minimum Gasteiger partial charge on any atom is -0.478 e. The molecule has 0 aliphatic rings. The number of hydrogen-bond acceptors (Lipinski definition) is 4. The third-order valence-corrected chi connectivity index (χ3v) is 1.88. The lowest BCUT2D eigenvalue weighted by molar-refractivity contribution is -0.117. The molecule has 0 aliphatic carbocycles. The number of nitrogens with zero attached hydrogens (tertiary/aromatic N) is 2. The number of nitrogens with two attached hydrogens (primary N) is 1. The van der Waals surface area contributed by atoms with Crippen LogP contribution in [0.1, 0.15) is 16.1 Å². The molecule has 0 atom stereocenters. The van der Waals surface area contributed by atoms with E-state index in [-0.39, 0.29) is 18.7 Å². The highest BCUT2D eigenvalue weighted by Crippen LogP contribution is 2.06. The number of hydrogen-bond donors (Lipinski definition) is 3. The van der Waals surface area contributed by atoms with Crippen molar-refractivity contribution in [2.75, 3.05) is 6.54 Å². The first-order chi connectivity index (χ1) is 7.02. The molecule has 82 valence electrons. The van der Waals surface area contributed by atoms with Gasteiger partial charge in [0.25, 0.3) is 0 Å². The van der Waals surface area contributed by atoms with Crippen LogP contribution in [0.15, 0.2) is 6.20 Å². The topological polar surface area (TPSA) is 110 Å². The maximum atomic E-state index is 10.8. The number of rotatable bonds is 5. The van der Waals surface area contributed by atoms with E-state index >= 15 is 0 Å². The van der Waals surface area contributed by atoms with Crippen LogP contribution in [0.25, 0.3) is 0 Å². The lowest BCUT2D eigenvalue weighted by Gasteiger charge is -2.04. The van der Waals surface area contributed by atoms with Gasteiger partial charge in [-0.3, -0.25) is 9.48 Å². The third-order valence-electron chi connectivity index (χ3n) is 1.88. The van der Waals surface area contributed by atoms with Crippen LogP contribution in [0, 0.1) is 0 Å². The number of carbonyl (C=O) groups is 2. The van der Waals surface area contributed by atoms with Gasteiger partial charge in [0.05, 0.1) is 18.4 Å². The summed E-state index contributed by atoms with van der Waals surface area (Å²) in [7, 11) is 1.63. The molecular formula is C8H12N4O3. The molecular weight excluding hydrogens is 200 g/mol. The fourth-order valence-corrected chi connectivity index (χ4v) is 1.16. The van der Waals surface area contributed by atoms with Gasteiger partial charge in [-0.05, 0) is 0 Å². The molecule has 15 heavy (non-hydrogen) atoms. The summed E-state index contributed by atoms with van der Waals surface area (Å²) in [6.45, 7) is 0.241. The maximum Gasteiger partial charge on any atom is 0.339 e. The van der Waals surface area contributed by atoms with Crippen LogP contribution in [0.2, 0.25) is 0 Å². The van der Waals surface area contributed by atoms with Crippen LogP contribution < -0.4 is 11.1 Å². The Morgan fingerprint density at radius 1 is 1.67 bits per heavy atom. The second-order valence-electron chi connectivity index (χ2n) is 3.00. The summed E-state index contributed by atoms with van der Waals surface area (Å²) in [5.41, 5.74) is 5.55. The minimum absolute atomic E-state index is 0.00421. The molecule has 7 heteroatoms. The van der Waals surface area contributed by atoms with E-state index in [1.165, 1.54) is 10.9 Å². The van der Waals surface area contributed by atoms with Crippen molar-refractivity contribution >= 4 is 11.9 Å². The van der Waals surface area contributed by atoms with E-state index in [1.54, 1.807) is 7.05 Å². The Kier molecular flexibility index (Phi) is 3.40. The van der Waals surface area contributed by atoms with Gasteiger partial charge in [-0.2, -0.15) is 5.10 Å². The van der Waals surface area contributed by atoms with E-state index in [9.17, 15) is 9.59 Å². The Morgan fingerprint density at radius 3 is 2.87 bits per heavy atom. The summed E-state index contributed by atoms with van der Waals surface area (Å²) in [4.78, 5) is 21.2. The van der Waals surface area contributed by atoms with Crippen LogP contribution in [-0.2, 0) is 18.4 Å². The Morgan fingerprint density at radius 2 is 2.33 bits per heavy atom. The number of aromatic nitrogens is 2. The van der Waals surface area contributed by atoms with Crippen molar-refractivity contribution in [3.63, 3.8) is 0 Å². The van der Waals surface area contributed by atoms with Gasteiger partial charge in [-0.25, -0.2) is 4.79 Å². The molecule has 0 saturated carbocycles. The van der Waals surface area contributed by atoms with Crippen molar-refractivity contribution in [2.45, 2.75) is 6.54 Å². The van der Waals surface area contributed by atoms with Crippen molar-refractivity contribution in [1.82, 2.24) is 15.1 Å². The average molecular weight is 212 g/mol. The number of carbonyl (C=O) groups excluding carboxylic acids is 1. The number of primary amides is 1. The van der Waals surface area contributed by atoms with Crippen molar-refractivity contribution in [1.29, 1.82) is 0 Å². The third kappa shape index (κ3) is 2.78. The van der Waals surface area contributed by atoms with Gasteiger partial charge in [0.2, 0.25) is 5.91 Å². The van der Waals surface area contributed by atoms with Gasteiger partial charge in [0.15, 0.2) is 0 Å². The molecule has 0 aliphatic heterocycles. The van der Waals surface area contributed by atoms with Crippen LogP contribution in [-0.4, -0.2) is 33.3 Å². The van der Waals surface area contributed by atoms with Crippen LogP contribution in [0.3, 0.4) is 0 Å². The van der Waals surface area contributed by atoms with Crippen molar-refractivity contribution in [3.8, 4) is 0 Å². The smallest absolute Gasteiger partial charge is 0.339 e. The molecule has 0 saturated heterocycles. The van der Waals surface area contributed by atoms with Crippen molar-refractivity contribution in [2.24, 2.45) is 12.8 Å². The Bertz CT molecular complexity index is 385. The lowest BCUT2D eigenvalue weighted by Crippen LogP contribution is -2.29. The van der Waals surface area contributed by atoms with Gasteiger partial charge >= 0.3 is 5.97 Å². The molecule has 0 bridgehead atoms. The first-order valence-corrected chi connectivity index (χ1v) is 4.25. The second-order valence-corrected chi connectivity index (χ2v) is 3.00. The average Bonchev–Trinajstić information content (AvgIpc) is 2.47. The molecule has 4 N–H and O–H groups in total. The number of aromatic carboxylic acids is 1. The highest BCUT2D eigenvalue weighted by Gasteiger charge is 2.14. The first-order valence-electron chi connectivity index (χ1n) is 4.25. The SMILES string of the molecule is Cn1ncc(C(=O)O)c1CNCC(N)=O. The number of carboxylic acids is 1. The fourth-order valence-electron chi connectivity index (χ4n) is 1.16. The minimum atomic E-state index is -1.04. The normalized spacial score (nSPS) is 10.2. The van der Waals surface area contributed by atoms with Gasteiger partial charge < -0.3 is 16.2 Å². The molecule has 1 heterocycles. The number of nitrogens with one attached hydrogen (secondary N) is 1. The Labute approximate surface area is 85.9 Å².